The molecule has 1 nitrogen and oxygen atoms in total. The maximum absolute atomic E-state index is 10.6. The third kappa shape index (κ3) is 4.54. The number of allylic oxidation sites excluding steroid dienone is 12. The lowest BCUT2D eigenvalue weighted by Gasteiger charge is -2.33. The van der Waals surface area contributed by atoms with E-state index in [1.54, 1.807) is 6.08 Å². The second-order valence-electron chi connectivity index (χ2n) is 7.22. The SMILES string of the molecule is CC1=C(/C=C/C(C)=C2C=C/C(=C/C=O)C=CC/2)C(C)(C)CCC1. The zero-order valence-corrected chi connectivity index (χ0v) is 14.9. The topological polar surface area (TPSA) is 17.1 Å². The van der Waals surface area contributed by atoms with Gasteiger partial charge in [0.15, 0.2) is 0 Å². The van der Waals surface area contributed by atoms with Gasteiger partial charge in [-0.25, -0.2) is 0 Å². The highest BCUT2D eigenvalue weighted by Gasteiger charge is 2.26. The number of aldehydes is 1. The monoisotopic (exact) mass is 308 g/mol. The Kier molecular flexibility index (Phi) is 5.76. The normalized spacial score (nSPS) is 25.1. The first-order valence-electron chi connectivity index (χ1n) is 8.52. The Morgan fingerprint density at radius 1 is 1.22 bits per heavy atom. The van der Waals surface area contributed by atoms with Crippen LogP contribution < -0.4 is 0 Å². The predicted octanol–water partition coefficient (Wildman–Crippen LogP) is 6.03. The molecule has 0 aromatic carbocycles. The van der Waals surface area contributed by atoms with Crippen LogP contribution in [0.2, 0.25) is 0 Å². The number of hydrogen-bond acceptors (Lipinski definition) is 1. The Balaban J connectivity index is 2.25. The standard InChI is InChI=1S/C22H28O/c1-17(20-9-5-8-19(11-12-20)14-16-23)10-13-21-18(2)7-6-15-22(21,3)4/h5,8,10-14,16H,6-7,9,15H2,1-4H3/b13-10+,19-14+,20-17+. The van der Waals surface area contributed by atoms with Crippen molar-refractivity contribution in [3.63, 3.8) is 0 Å². The first-order chi connectivity index (χ1) is 10.9. The molecule has 23 heavy (non-hydrogen) atoms. The lowest BCUT2D eigenvalue weighted by atomic mass is 9.72. The van der Waals surface area contributed by atoms with Gasteiger partial charge in [0.1, 0.15) is 6.29 Å². The van der Waals surface area contributed by atoms with Gasteiger partial charge < -0.3 is 0 Å². The van der Waals surface area contributed by atoms with Crippen molar-refractivity contribution in [1.82, 2.24) is 0 Å². The van der Waals surface area contributed by atoms with E-state index in [0.717, 1.165) is 18.3 Å². The predicted molar refractivity (Wildman–Crippen MR) is 99.2 cm³/mol. The van der Waals surface area contributed by atoms with Crippen LogP contribution in [0.1, 0.15) is 53.4 Å². The van der Waals surface area contributed by atoms with Crippen LogP contribution in [0.4, 0.5) is 0 Å². The summed E-state index contributed by atoms with van der Waals surface area (Å²) in [4.78, 5) is 10.6. The molecule has 0 saturated carbocycles. The van der Waals surface area contributed by atoms with Crippen molar-refractivity contribution in [2.75, 3.05) is 0 Å². The first kappa shape index (κ1) is 17.5. The van der Waals surface area contributed by atoms with E-state index in [9.17, 15) is 4.79 Å². The van der Waals surface area contributed by atoms with Crippen LogP contribution in [0.5, 0.6) is 0 Å². The molecule has 0 atom stereocenters. The summed E-state index contributed by atoms with van der Waals surface area (Å²) < 4.78 is 0. The van der Waals surface area contributed by atoms with Crippen LogP contribution in [0.3, 0.4) is 0 Å². The van der Waals surface area contributed by atoms with Gasteiger partial charge in [-0.2, -0.15) is 0 Å². The zero-order chi connectivity index (χ0) is 16.9. The molecule has 0 heterocycles. The van der Waals surface area contributed by atoms with Crippen molar-refractivity contribution in [2.45, 2.75) is 53.4 Å². The maximum Gasteiger partial charge on any atom is 0.143 e. The minimum Gasteiger partial charge on any atom is -0.299 e. The van der Waals surface area contributed by atoms with Crippen LogP contribution in [-0.2, 0) is 4.79 Å². The summed E-state index contributed by atoms with van der Waals surface area (Å²) in [5.74, 6) is 0. The number of carbonyl (C=O) groups is 1. The van der Waals surface area contributed by atoms with E-state index in [-0.39, 0.29) is 5.41 Å². The highest BCUT2D eigenvalue weighted by atomic mass is 16.1. The van der Waals surface area contributed by atoms with Gasteiger partial charge in [0.2, 0.25) is 0 Å². The average Bonchev–Trinajstić information content (AvgIpc) is 2.72. The van der Waals surface area contributed by atoms with Gasteiger partial charge in [0.25, 0.3) is 0 Å². The first-order valence-corrected chi connectivity index (χ1v) is 8.52. The number of rotatable bonds is 3. The fraction of sp³-hybridized carbons (Fsp3) is 0.409. The molecule has 0 aliphatic heterocycles. The summed E-state index contributed by atoms with van der Waals surface area (Å²) in [6, 6.07) is 0. The molecule has 0 fully saturated rings. The van der Waals surface area contributed by atoms with Gasteiger partial charge in [0.05, 0.1) is 0 Å². The molecule has 0 saturated heterocycles. The molecule has 0 spiro atoms. The Bertz CT molecular complexity index is 645. The molecule has 0 aromatic heterocycles. The van der Waals surface area contributed by atoms with Crippen LogP contribution in [-0.4, -0.2) is 6.29 Å². The summed E-state index contributed by atoms with van der Waals surface area (Å²) in [6.45, 7) is 9.14. The van der Waals surface area contributed by atoms with E-state index in [2.05, 4.69) is 52.0 Å². The minimum atomic E-state index is 0.281. The van der Waals surface area contributed by atoms with E-state index in [4.69, 9.17) is 0 Å². The number of hydrogen-bond donors (Lipinski definition) is 0. The van der Waals surface area contributed by atoms with E-state index >= 15 is 0 Å². The lowest BCUT2D eigenvalue weighted by molar-refractivity contribution is -0.104. The molecule has 2 rings (SSSR count). The van der Waals surface area contributed by atoms with Gasteiger partial charge in [-0.3, -0.25) is 4.79 Å². The molecule has 0 radical (unpaired) electrons. The van der Waals surface area contributed by atoms with Crippen LogP contribution in [0, 0.1) is 5.41 Å². The molecule has 0 unspecified atom stereocenters. The highest BCUT2D eigenvalue weighted by molar-refractivity contribution is 5.69. The van der Waals surface area contributed by atoms with Crippen molar-refractivity contribution in [3.05, 3.63) is 70.4 Å². The molecule has 0 aromatic rings. The third-order valence-electron chi connectivity index (χ3n) is 4.93. The number of carbonyl (C=O) groups excluding carboxylic acids is 1. The molecule has 2 aliphatic rings. The largest absolute Gasteiger partial charge is 0.299 e. The molecular weight excluding hydrogens is 280 g/mol. The minimum absolute atomic E-state index is 0.281. The van der Waals surface area contributed by atoms with E-state index in [1.807, 2.05) is 12.2 Å². The molecule has 0 N–H and O–H groups in total. The van der Waals surface area contributed by atoms with Crippen molar-refractivity contribution >= 4 is 6.29 Å². The molecule has 0 amide bonds. The van der Waals surface area contributed by atoms with Crippen LogP contribution >= 0.6 is 0 Å². The van der Waals surface area contributed by atoms with E-state index in [0.29, 0.717) is 0 Å². The van der Waals surface area contributed by atoms with E-state index < -0.39 is 0 Å². The van der Waals surface area contributed by atoms with Crippen molar-refractivity contribution in [2.24, 2.45) is 5.41 Å². The summed E-state index contributed by atoms with van der Waals surface area (Å²) in [6.07, 6.45) is 20.0. The molecule has 122 valence electrons. The van der Waals surface area contributed by atoms with Crippen molar-refractivity contribution in [3.8, 4) is 0 Å². The summed E-state index contributed by atoms with van der Waals surface area (Å²) in [5, 5.41) is 0. The Hall–Kier alpha value is -1.89. The Labute approximate surface area is 140 Å². The average molecular weight is 308 g/mol. The zero-order valence-electron chi connectivity index (χ0n) is 14.9. The van der Waals surface area contributed by atoms with E-state index in [1.165, 1.54) is 41.6 Å². The maximum atomic E-state index is 10.6. The smallest absolute Gasteiger partial charge is 0.143 e. The summed E-state index contributed by atoms with van der Waals surface area (Å²) >= 11 is 0. The quantitative estimate of drug-likeness (QED) is 0.460. The molecular formula is C22H28O. The fourth-order valence-corrected chi connectivity index (χ4v) is 3.45. The Morgan fingerprint density at radius 3 is 2.70 bits per heavy atom. The van der Waals surface area contributed by atoms with Crippen molar-refractivity contribution in [1.29, 1.82) is 0 Å². The Morgan fingerprint density at radius 2 is 2.00 bits per heavy atom. The summed E-state index contributed by atoms with van der Waals surface area (Å²) in [5.41, 5.74) is 6.86. The highest BCUT2D eigenvalue weighted by Crippen LogP contribution is 2.40. The van der Waals surface area contributed by atoms with Gasteiger partial charge in [0, 0.05) is 0 Å². The fourth-order valence-electron chi connectivity index (χ4n) is 3.45. The molecule has 1 heteroatoms. The van der Waals surface area contributed by atoms with Gasteiger partial charge in [-0.1, -0.05) is 55.9 Å². The van der Waals surface area contributed by atoms with Gasteiger partial charge >= 0.3 is 0 Å². The molecule has 2 aliphatic carbocycles. The van der Waals surface area contributed by atoms with Gasteiger partial charge in [-0.05, 0) is 73.3 Å². The second-order valence-corrected chi connectivity index (χ2v) is 7.22. The lowest BCUT2D eigenvalue weighted by Crippen LogP contribution is -2.19. The third-order valence-corrected chi connectivity index (χ3v) is 4.93. The second kappa shape index (κ2) is 7.59. The molecule has 0 bridgehead atoms. The van der Waals surface area contributed by atoms with Crippen molar-refractivity contribution < 1.29 is 4.79 Å². The van der Waals surface area contributed by atoms with Crippen LogP contribution in [0.15, 0.2) is 70.4 Å². The summed E-state index contributed by atoms with van der Waals surface area (Å²) in [7, 11) is 0. The van der Waals surface area contributed by atoms with Crippen LogP contribution in [0.25, 0.3) is 0 Å². The van der Waals surface area contributed by atoms with Gasteiger partial charge in [-0.15, -0.1) is 0 Å².